The van der Waals surface area contributed by atoms with Crippen molar-refractivity contribution in [3.8, 4) is 0 Å². The molecule has 2 aromatic carbocycles. The van der Waals surface area contributed by atoms with Gasteiger partial charge in [-0.1, -0.05) is 0 Å². The van der Waals surface area contributed by atoms with Gasteiger partial charge in [0.05, 0.1) is 0 Å². The van der Waals surface area contributed by atoms with E-state index in [1.165, 1.54) is 33.4 Å². The van der Waals surface area contributed by atoms with Crippen LogP contribution in [-0.2, 0) is 47.1 Å². The van der Waals surface area contributed by atoms with Crippen molar-refractivity contribution in [2.75, 3.05) is 13.1 Å². The number of hydrogen-bond donors (Lipinski definition) is 4. The van der Waals surface area contributed by atoms with Crippen LogP contribution in [0, 0.1) is 69.2 Å². The van der Waals surface area contributed by atoms with Crippen molar-refractivity contribution < 1.29 is 56.6 Å². The fourth-order valence-corrected chi connectivity index (χ4v) is 5.68. The van der Waals surface area contributed by atoms with Crippen LogP contribution in [-0.4, -0.2) is 24.9 Å². The van der Waals surface area contributed by atoms with E-state index in [-0.39, 0.29) is 11.8 Å². The quantitative estimate of drug-likeness (QED) is 0.312. The molecule has 6 N–H and O–H groups in total. The summed E-state index contributed by atoms with van der Waals surface area (Å²) in [5, 5.41) is 5.96. The average molecular weight is 651 g/mol. The van der Waals surface area contributed by atoms with E-state index < -0.39 is 47.1 Å². The van der Waals surface area contributed by atoms with Gasteiger partial charge >= 0.3 is 244 Å². The number of nitrogens with one attached hydrogen (secondary N) is 2. The zero-order valence-corrected chi connectivity index (χ0v) is 28.7. The molecule has 0 fully saturated rings. The fraction of sp³-hybridized carbons (Fsp3) is 0.500. The molecule has 36 heavy (non-hydrogen) atoms. The molecule has 0 spiro atoms. The summed E-state index contributed by atoms with van der Waals surface area (Å²) in [5.41, 5.74) is 13.5. The summed E-state index contributed by atoms with van der Waals surface area (Å²) in [4.78, 5) is 24.5. The van der Waals surface area contributed by atoms with Crippen molar-refractivity contribution in [3.05, 3.63) is 66.8 Å². The minimum absolute atomic E-state index is 0.0454. The van der Waals surface area contributed by atoms with Crippen LogP contribution in [0.5, 0.6) is 0 Å². The molecule has 2 rings (SSSR count). The molecule has 2 amide bonds. The first kappa shape index (κ1) is 33.1. The van der Waals surface area contributed by atoms with Crippen LogP contribution in [0.4, 0.5) is 0 Å². The van der Waals surface area contributed by atoms with Crippen LogP contribution in [0.25, 0.3) is 0 Å². The molecule has 0 aliphatic rings. The molecule has 0 atom stereocenters. The molecule has 0 saturated carbocycles. The average Bonchev–Trinajstić information content (AvgIpc) is 2.85. The first-order valence-electron chi connectivity index (χ1n) is 12.4. The molecule has 8 heteroatoms. The molecule has 2 aromatic rings. The Balaban J connectivity index is 0.000000360. The molecule has 0 aromatic heterocycles. The second-order valence-electron chi connectivity index (χ2n) is 9.42. The SMILES string of the molecule is Cc1c(C)c(C)c(C(=O)NC[CH2][Zr][NH2])c(C)c1C.Cc1c(C)c(C)c(C(=O)NC[CH2][Zr][NH2])c(C)c1C. The molecule has 0 radical (unpaired) electrons. The molecule has 0 bridgehead atoms. The van der Waals surface area contributed by atoms with Gasteiger partial charge in [0.15, 0.2) is 0 Å². The monoisotopic (exact) mass is 648 g/mol. The molecular formula is C28H44N4O2Zr2. The summed E-state index contributed by atoms with van der Waals surface area (Å²) < 4.78 is 13.2. The summed E-state index contributed by atoms with van der Waals surface area (Å²) in [7, 11) is 0. The van der Waals surface area contributed by atoms with E-state index in [1.807, 2.05) is 27.7 Å². The Kier molecular flexibility index (Phi) is 14.2. The number of hydrogen-bond acceptors (Lipinski definition) is 4. The maximum absolute atomic E-state index is 12.2. The Labute approximate surface area is 242 Å². The Morgan fingerprint density at radius 2 is 0.722 bits per heavy atom. The molecule has 0 aliphatic carbocycles. The second kappa shape index (κ2) is 15.5. The first-order chi connectivity index (χ1) is 16.8. The van der Waals surface area contributed by atoms with E-state index in [4.69, 9.17) is 7.35 Å². The molecular weight excluding hydrogens is 607 g/mol. The second-order valence-corrected chi connectivity index (χ2v) is 13.9. The number of rotatable bonds is 8. The van der Waals surface area contributed by atoms with Gasteiger partial charge in [-0.05, 0) is 0 Å². The third-order valence-electron chi connectivity index (χ3n) is 7.56. The summed E-state index contributed by atoms with van der Waals surface area (Å²) in [5.74, 6) is 0.0908. The van der Waals surface area contributed by atoms with Crippen molar-refractivity contribution in [1.82, 2.24) is 10.6 Å². The number of benzene rings is 2. The summed E-state index contributed by atoms with van der Waals surface area (Å²) in [6.45, 7) is 22.1. The van der Waals surface area contributed by atoms with E-state index in [0.29, 0.717) is 13.1 Å². The van der Waals surface area contributed by atoms with Gasteiger partial charge in [0.25, 0.3) is 0 Å². The van der Waals surface area contributed by atoms with E-state index >= 15 is 0 Å². The summed E-state index contributed by atoms with van der Waals surface area (Å²) in [6.07, 6.45) is 0. The minimum atomic E-state index is -0.704. The number of carbonyl (C=O) groups excluding carboxylic acids is 2. The van der Waals surface area contributed by atoms with Crippen LogP contribution in [0.3, 0.4) is 0 Å². The number of carbonyl (C=O) groups is 2. The molecule has 0 unspecified atom stereocenters. The van der Waals surface area contributed by atoms with Gasteiger partial charge < -0.3 is 0 Å². The van der Waals surface area contributed by atoms with Crippen LogP contribution >= 0.6 is 0 Å². The van der Waals surface area contributed by atoms with E-state index in [0.717, 1.165) is 41.6 Å². The van der Waals surface area contributed by atoms with E-state index in [1.54, 1.807) is 0 Å². The molecule has 0 aliphatic heterocycles. The normalized spacial score (nSPS) is 10.3. The van der Waals surface area contributed by atoms with Crippen molar-refractivity contribution in [2.45, 2.75) is 77.5 Å². The van der Waals surface area contributed by atoms with E-state index in [9.17, 15) is 9.59 Å². The topological polar surface area (TPSA) is 110 Å². The molecule has 6 nitrogen and oxygen atoms in total. The van der Waals surface area contributed by atoms with Crippen molar-refractivity contribution in [2.24, 2.45) is 7.35 Å². The van der Waals surface area contributed by atoms with Crippen molar-refractivity contribution >= 4 is 11.8 Å². The Morgan fingerprint density at radius 1 is 0.500 bits per heavy atom. The number of nitrogens with two attached hydrogens (primary N) is 2. The predicted octanol–water partition coefficient (Wildman–Crippen LogP) is 4.67. The van der Waals surface area contributed by atoms with Gasteiger partial charge in [0.2, 0.25) is 0 Å². The van der Waals surface area contributed by atoms with Gasteiger partial charge in [-0.25, -0.2) is 0 Å². The standard InChI is InChI=1S/2C14H20NO.2H2N.2Zr/c2*1-7-15-14(16)13-11(5)9(3)8(2)10(4)12(13)6;;;;/h2*1,7H2,2-6H3,(H,15,16);2*1H2;;/q;;2*-1;2*+1. The van der Waals surface area contributed by atoms with E-state index in [2.05, 4.69) is 52.2 Å². The van der Waals surface area contributed by atoms with Crippen LogP contribution in [0.2, 0.25) is 8.26 Å². The van der Waals surface area contributed by atoms with Gasteiger partial charge in [-0.3, -0.25) is 0 Å². The third kappa shape index (κ3) is 8.03. The first-order valence-corrected chi connectivity index (χ1v) is 18.7. The Hall–Kier alpha value is -0.934. The van der Waals surface area contributed by atoms with Gasteiger partial charge in [-0.15, -0.1) is 0 Å². The number of amides is 2. The summed E-state index contributed by atoms with van der Waals surface area (Å²) in [6, 6.07) is 0. The molecule has 196 valence electrons. The Morgan fingerprint density at radius 3 is 0.944 bits per heavy atom. The Bertz CT molecular complexity index is 968. The molecule has 0 heterocycles. The fourth-order valence-electron chi connectivity index (χ4n) is 4.35. The van der Waals surface area contributed by atoms with Gasteiger partial charge in [-0.2, -0.15) is 0 Å². The molecule has 0 saturated heterocycles. The van der Waals surface area contributed by atoms with Crippen LogP contribution in [0.15, 0.2) is 0 Å². The van der Waals surface area contributed by atoms with Crippen molar-refractivity contribution in [3.63, 3.8) is 0 Å². The van der Waals surface area contributed by atoms with Crippen LogP contribution in [0.1, 0.15) is 76.4 Å². The van der Waals surface area contributed by atoms with Gasteiger partial charge in [0, 0.05) is 0 Å². The van der Waals surface area contributed by atoms with Crippen molar-refractivity contribution in [1.29, 1.82) is 0 Å². The summed E-state index contributed by atoms with van der Waals surface area (Å²) >= 11 is -1.41. The zero-order valence-electron chi connectivity index (χ0n) is 23.8. The third-order valence-corrected chi connectivity index (χ3v) is 10.2. The van der Waals surface area contributed by atoms with Crippen LogP contribution < -0.4 is 18.0 Å². The van der Waals surface area contributed by atoms with Gasteiger partial charge in [0.1, 0.15) is 0 Å². The maximum atomic E-state index is 12.2. The zero-order chi connectivity index (χ0) is 27.7. The predicted molar refractivity (Wildman–Crippen MR) is 143 cm³/mol.